The first kappa shape index (κ1) is 16.9. The number of rotatable bonds is 5. The summed E-state index contributed by atoms with van der Waals surface area (Å²) in [5.74, 6) is -0.170. The zero-order valence-corrected chi connectivity index (χ0v) is 13.3. The van der Waals surface area contributed by atoms with Gasteiger partial charge in [-0.1, -0.05) is 0 Å². The largest absolute Gasteiger partial charge is 0.417 e. The predicted octanol–water partition coefficient (Wildman–Crippen LogP) is 3.08. The van der Waals surface area contributed by atoms with Gasteiger partial charge in [0.1, 0.15) is 0 Å². The molecule has 2 aliphatic rings. The number of hydrogen-bond acceptors (Lipinski definition) is 4. The van der Waals surface area contributed by atoms with Crippen molar-refractivity contribution in [2.45, 2.75) is 56.9 Å². The Morgan fingerprint density at radius 3 is 2.96 bits per heavy atom. The molecule has 1 aromatic heterocycles. The first-order valence-corrected chi connectivity index (χ1v) is 8.13. The number of alkyl halides is 2. The van der Waals surface area contributed by atoms with Crippen LogP contribution < -0.4 is 15.4 Å². The molecule has 3 rings (SSSR count). The van der Waals surface area contributed by atoms with Crippen LogP contribution in [0.1, 0.15) is 40.5 Å². The van der Waals surface area contributed by atoms with Crippen molar-refractivity contribution in [3.8, 4) is 5.88 Å². The Labute approximate surface area is 141 Å². The van der Waals surface area contributed by atoms with E-state index in [1.54, 1.807) is 6.07 Å². The topological polar surface area (TPSA) is 72.5 Å². The summed E-state index contributed by atoms with van der Waals surface area (Å²) in [6, 6.07) is 2.70. The maximum absolute atomic E-state index is 12.2. The molecule has 0 aromatic carbocycles. The zero-order chi connectivity index (χ0) is 17.0. The molecule has 2 amide bonds. The van der Waals surface area contributed by atoms with Gasteiger partial charge in [0, 0.05) is 21.7 Å². The quantitative estimate of drug-likeness (QED) is 0.860. The minimum atomic E-state index is -2.92. The van der Waals surface area contributed by atoms with Crippen molar-refractivity contribution in [3.63, 3.8) is 0 Å². The number of hydrogen-bond donors (Lipinski definition) is 2. The smallest absolute Gasteiger partial charge is 0.388 e. The van der Waals surface area contributed by atoms with Crippen molar-refractivity contribution in [1.29, 1.82) is 0 Å². The van der Waals surface area contributed by atoms with Crippen LogP contribution in [0.2, 0.25) is 0 Å². The third kappa shape index (κ3) is 4.31. The summed E-state index contributed by atoms with van der Waals surface area (Å²) < 4.78 is 34.4. The van der Waals surface area contributed by atoms with Gasteiger partial charge in [-0.05, 0) is 43.7 Å². The van der Waals surface area contributed by atoms with Crippen LogP contribution in [-0.2, 0) is 11.3 Å². The average Bonchev–Trinajstić information content (AvgIpc) is 2.52. The Balaban J connectivity index is 0.00000169. The van der Waals surface area contributed by atoms with E-state index in [4.69, 9.17) is 4.74 Å². The van der Waals surface area contributed by atoms with E-state index in [-0.39, 0.29) is 33.0 Å². The van der Waals surface area contributed by atoms with Crippen molar-refractivity contribution >= 4 is 6.03 Å². The lowest BCUT2D eigenvalue weighted by Crippen LogP contribution is -2.52. The van der Waals surface area contributed by atoms with Crippen LogP contribution in [0.4, 0.5) is 13.6 Å². The molecule has 2 fully saturated rings. The lowest BCUT2D eigenvalue weighted by molar-refractivity contribution is -0.135. The monoisotopic (exact) mass is 345 g/mol. The average molecular weight is 345 g/mol. The molecule has 24 heavy (non-hydrogen) atoms. The Bertz CT molecular complexity index is 582. The predicted molar refractivity (Wildman–Crippen MR) is 86.0 cm³/mol. The number of pyridine rings is 1. The normalized spacial score (nSPS) is 22.0. The fraction of sp³-hybridized carbons (Fsp3) is 0.625. The van der Waals surface area contributed by atoms with Gasteiger partial charge in [-0.25, -0.2) is 9.78 Å². The van der Waals surface area contributed by atoms with E-state index in [0.717, 1.165) is 25.7 Å². The maximum Gasteiger partial charge on any atom is 0.388 e. The Morgan fingerprint density at radius 1 is 1.50 bits per heavy atom. The number of carbonyl (C=O) groups excluding carboxylic acids is 1. The van der Waals surface area contributed by atoms with Gasteiger partial charge >= 0.3 is 12.6 Å². The molecule has 1 aliphatic carbocycles. The van der Waals surface area contributed by atoms with Gasteiger partial charge in [0.05, 0.1) is 18.2 Å². The van der Waals surface area contributed by atoms with Crippen LogP contribution in [-0.4, -0.2) is 35.9 Å². The Hall–Kier alpha value is -1.96. The van der Waals surface area contributed by atoms with E-state index in [1.165, 1.54) is 18.7 Å². The molecule has 0 bridgehead atoms. The number of urea groups is 1. The van der Waals surface area contributed by atoms with Gasteiger partial charge < -0.3 is 20.1 Å². The molecular formula is C16H25F2N3O3. The van der Waals surface area contributed by atoms with Crippen LogP contribution in [0.25, 0.3) is 0 Å². The number of nitrogens with zero attached hydrogens (tertiary/aromatic N) is 1. The molecule has 1 spiro atoms. The Kier molecular flexibility index (Phi) is 5.13. The van der Waals surface area contributed by atoms with Crippen LogP contribution >= 0.6 is 0 Å². The molecule has 8 heteroatoms. The fourth-order valence-electron chi connectivity index (χ4n) is 3.08. The number of aromatic nitrogens is 1. The second-order valence-corrected chi connectivity index (χ2v) is 6.29. The molecular weight excluding hydrogens is 320 g/mol. The molecule has 1 aliphatic heterocycles. The van der Waals surface area contributed by atoms with Gasteiger partial charge in [0.15, 0.2) is 0 Å². The summed E-state index contributed by atoms with van der Waals surface area (Å²) >= 11 is 0. The first-order chi connectivity index (χ1) is 11.5. The standard InChI is InChI=1S/C16H21F2N3O3.2H2/c17-14(18)24-13-8-11(3-7-19-13)9-20-15(22)21-12-2-6-16(23-10-12)4-1-5-16;;/h3,7-8,12,14H,1-2,4-6,9-10H2,(H2,20,21,22);2*1H. The number of ether oxygens (including phenoxy) is 2. The summed E-state index contributed by atoms with van der Waals surface area (Å²) in [5.41, 5.74) is 0.705. The lowest BCUT2D eigenvalue weighted by Gasteiger charge is -2.46. The minimum Gasteiger partial charge on any atom is -0.417 e. The van der Waals surface area contributed by atoms with Crippen molar-refractivity contribution < 1.29 is 25.9 Å². The molecule has 136 valence electrons. The molecule has 1 atom stereocenters. The first-order valence-electron chi connectivity index (χ1n) is 8.13. The molecule has 2 N–H and O–H groups in total. The summed E-state index contributed by atoms with van der Waals surface area (Å²) in [7, 11) is 0. The molecule has 2 heterocycles. The van der Waals surface area contributed by atoms with E-state index in [9.17, 15) is 13.6 Å². The van der Waals surface area contributed by atoms with Crippen LogP contribution in [0.15, 0.2) is 18.3 Å². The van der Waals surface area contributed by atoms with E-state index < -0.39 is 6.61 Å². The number of halogens is 2. The summed E-state index contributed by atoms with van der Waals surface area (Å²) in [4.78, 5) is 15.6. The maximum atomic E-state index is 12.2. The van der Waals surface area contributed by atoms with E-state index in [1.807, 2.05) is 0 Å². The van der Waals surface area contributed by atoms with Crippen molar-refractivity contribution in [3.05, 3.63) is 23.9 Å². The summed E-state index contributed by atoms with van der Waals surface area (Å²) in [6.45, 7) is -2.19. The van der Waals surface area contributed by atoms with E-state index >= 15 is 0 Å². The molecule has 6 nitrogen and oxygen atoms in total. The zero-order valence-electron chi connectivity index (χ0n) is 13.3. The highest BCUT2D eigenvalue weighted by Gasteiger charge is 2.41. The van der Waals surface area contributed by atoms with Crippen LogP contribution in [0, 0.1) is 0 Å². The third-order valence-corrected chi connectivity index (χ3v) is 4.60. The lowest BCUT2D eigenvalue weighted by atomic mass is 9.75. The van der Waals surface area contributed by atoms with Crippen molar-refractivity contribution in [1.82, 2.24) is 15.6 Å². The third-order valence-electron chi connectivity index (χ3n) is 4.60. The second-order valence-electron chi connectivity index (χ2n) is 6.29. The highest BCUT2D eigenvalue weighted by molar-refractivity contribution is 5.74. The second kappa shape index (κ2) is 7.29. The van der Waals surface area contributed by atoms with Crippen molar-refractivity contribution in [2.75, 3.05) is 6.61 Å². The van der Waals surface area contributed by atoms with E-state index in [0.29, 0.717) is 12.2 Å². The SMILES string of the molecule is O=C(NCc1ccnc(OC(F)F)c1)NC1CCC2(CCC2)OC1.[HH].[HH]. The summed E-state index contributed by atoms with van der Waals surface area (Å²) in [5, 5.41) is 5.58. The number of nitrogens with one attached hydrogen (secondary N) is 2. The van der Waals surface area contributed by atoms with E-state index in [2.05, 4.69) is 20.4 Å². The fourth-order valence-corrected chi connectivity index (χ4v) is 3.08. The number of carbonyl (C=O) groups is 1. The molecule has 1 saturated carbocycles. The van der Waals surface area contributed by atoms with Gasteiger partial charge in [0.25, 0.3) is 0 Å². The Morgan fingerprint density at radius 2 is 2.33 bits per heavy atom. The van der Waals surface area contributed by atoms with Crippen LogP contribution in [0.3, 0.4) is 0 Å². The molecule has 1 saturated heterocycles. The van der Waals surface area contributed by atoms with Gasteiger partial charge in [0.2, 0.25) is 5.88 Å². The van der Waals surface area contributed by atoms with Gasteiger partial charge in [-0.15, -0.1) is 0 Å². The molecule has 1 aromatic rings. The number of amides is 2. The van der Waals surface area contributed by atoms with Crippen LogP contribution in [0.5, 0.6) is 5.88 Å². The van der Waals surface area contributed by atoms with Gasteiger partial charge in [-0.2, -0.15) is 8.78 Å². The van der Waals surface area contributed by atoms with Crippen molar-refractivity contribution in [2.24, 2.45) is 0 Å². The highest BCUT2D eigenvalue weighted by Crippen LogP contribution is 2.42. The minimum absolute atomic E-state index is 0. The summed E-state index contributed by atoms with van der Waals surface area (Å²) in [6.07, 6.45) is 6.72. The highest BCUT2D eigenvalue weighted by atomic mass is 19.3. The van der Waals surface area contributed by atoms with Gasteiger partial charge in [-0.3, -0.25) is 0 Å². The molecule has 1 unspecified atom stereocenters. The molecule has 0 radical (unpaired) electrons.